The summed E-state index contributed by atoms with van der Waals surface area (Å²) in [4.78, 5) is 13.9. The Balaban J connectivity index is 1.96. The average molecular weight is 338 g/mol. The number of aryl methyl sites for hydroxylation is 1. The first kappa shape index (κ1) is 14.3. The predicted octanol–water partition coefficient (Wildman–Crippen LogP) is 4.02. The molecule has 0 aliphatic heterocycles. The third kappa shape index (κ3) is 4.18. The molecule has 0 saturated heterocycles. The number of likely N-dealkylation sites (N-methyl/N-ethyl adjacent to an activating group) is 1. The minimum absolute atomic E-state index is 0.146. The summed E-state index contributed by atoms with van der Waals surface area (Å²) in [6, 6.07) is 10.2. The smallest absolute Gasteiger partial charge is 0.227 e. The molecule has 1 amide bonds. The quantitative estimate of drug-likeness (QED) is 0.825. The highest BCUT2D eigenvalue weighted by Gasteiger charge is 2.11. The lowest BCUT2D eigenvalue weighted by atomic mass is 10.1. The summed E-state index contributed by atoms with van der Waals surface area (Å²) in [6.45, 7) is 2.70. The number of carbonyl (C=O) groups is 1. The number of hydrogen-bond donors (Lipinski definition) is 0. The number of amides is 1. The second kappa shape index (κ2) is 6.35. The van der Waals surface area contributed by atoms with Crippen LogP contribution in [-0.4, -0.2) is 17.9 Å². The van der Waals surface area contributed by atoms with Crippen LogP contribution in [0.2, 0.25) is 0 Å². The van der Waals surface area contributed by atoms with E-state index < -0.39 is 0 Å². The molecule has 0 atom stereocenters. The Morgan fingerprint density at radius 3 is 2.74 bits per heavy atom. The standard InChI is InChI=1S/C15H16BrNOS/c1-11-4-3-5-12(6-11)8-15(18)17(2)9-13-7-14(16)19-10-13/h3-7,10H,8-9H2,1-2H3. The molecule has 0 aliphatic carbocycles. The molecule has 0 spiro atoms. The van der Waals surface area contributed by atoms with Crippen LogP contribution >= 0.6 is 27.3 Å². The lowest BCUT2D eigenvalue weighted by molar-refractivity contribution is -0.129. The van der Waals surface area contributed by atoms with Crippen molar-refractivity contribution >= 4 is 33.2 Å². The van der Waals surface area contributed by atoms with E-state index in [0.29, 0.717) is 13.0 Å². The van der Waals surface area contributed by atoms with Gasteiger partial charge in [0.05, 0.1) is 10.2 Å². The Hall–Kier alpha value is -1.13. The van der Waals surface area contributed by atoms with Crippen LogP contribution in [0.15, 0.2) is 39.5 Å². The lowest BCUT2D eigenvalue weighted by Gasteiger charge is -2.16. The molecule has 2 rings (SSSR count). The Morgan fingerprint density at radius 1 is 1.32 bits per heavy atom. The van der Waals surface area contributed by atoms with Crippen molar-refractivity contribution in [3.05, 3.63) is 56.2 Å². The summed E-state index contributed by atoms with van der Waals surface area (Å²) in [5.41, 5.74) is 3.43. The number of hydrogen-bond acceptors (Lipinski definition) is 2. The summed E-state index contributed by atoms with van der Waals surface area (Å²) in [5, 5.41) is 2.07. The van der Waals surface area contributed by atoms with Crippen LogP contribution in [0, 0.1) is 6.92 Å². The zero-order valence-corrected chi connectivity index (χ0v) is 13.4. The first-order valence-electron chi connectivity index (χ1n) is 6.07. The predicted molar refractivity (Wildman–Crippen MR) is 83.4 cm³/mol. The van der Waals surface area contributed by atoms with Crippen LogP contribution < -0.4 is 0 Å². The fourth-order valence-electron chi connectivity index (χ4n) is 1.92. The van der Waals surface area contributed by atoms with Gasteiger partial charge < -0.3 is 4.90 Å². The van der Waals surface area contributed by atoms with Crippen LogP contribution in [0.3, 0.4) is 0 Å². The summed E-state index contributed by atoms with van der Waals surface area (Å²) in [6.07, 6.45) is 0.462. The van der Waals surface area contributed by atoms with Gasteiger partial charge >= 0.3 is 0 Å². The van der Waals surface area contributed by atoms with E-state index in [1.807, 2.05) is 32.2 Å². The van der Waals surface area contributed by atoms with Gasteiger partial charge in [0.1, 0.15) is 0 Å². The maximum Gasteiger partial charge on any atom is 0.227 e. The molecular formula is C15H16BrNOS. The SMILES string of the molecule is Cc1cccc(CC(=O)N(C)Cc2csc(Br)c2)c1. The van der Waals surface area contributed by atoms with Gasteiger partial charge in [0.15, 0.2) is 0 Å². The van der Waals surface area contributed by atoms with Gasteiger partial charge in [-0.3, -0.25) is 4.79 Å². The van der Waals surface area contributed by atoms with E-state index in [0.717, 1.165) is 14.9 Å². The Bertz CT molecular complexity index is 579. The summed E-state index contributed by atoms with van der Waals surface area (Å²) in [5.74, 6) is 0.146. The summed E-state index contributed by atoms with van der Waals surface area (Å²) in [7, 11) is 1.85. The molecular weight excluding hydrogens is 322 g/mol. The van der Waals surface area contributed by atoms with E-state index in [1.165, 1.54) is 5.56 Å². The zero-order chi connectivity index (χ0) is 13.8. The molecule has 0 aliphatic rings. The number of halogens is 1. The topological polar surface area (TPSA) is 20.3 Å². The maximum absolute atomic E-state index is 12.2. The van der Waals surface area contributed by atoms with Gasteiger partial charge in [-0.1, -0.05) is 29.8 Å². The van der Waals surface area contributed by atoms with Crippen molar-refractivity contribution in [1.82, 2.24) is 4.90 Å². The summed E-state index contributed by atoms with van der Waals surface area (Å²) >= 11 is 5.08. The molecule has 0 radical (unpaired) electrons. The van der Waals surface area contributed by atoms with Crippen molar-refractivity contribution in [2.24, 2.45) is 0 Å². The first-order valence-corrected chi connectivity index (χ1v) is 7.74. The van der Waals surface area contributed by atoms with E-state index >= 15 is 0 Å². The normalized spacial score (nSPS) is 10.5. The van der Waals surface area contributed by atoms with Crippen LogP contribution in [-0.2, 0) is 17.8 Å². The molecule has 100 valence electrons. The monoisotopic (exact) mass is 337 g/mol. The molecule has 1 heterocycles. The van der Waals surface area contributed by atoms with E-state index in [9.17, 15) is 4.79 Å². The molecule has 2 aromatic rings. The van der Waals surface area contributed by atoms with Crippen molar-refractivity contribution in [2.45, 2.75) is 19.9 Å². The van der Waals surface area contributed by atoms with Crippen molar-refractivity contribution in [2.75, 3.05) is 7.05 Å². The highest BCUT2D eigenvalue weighted by atomic mass is 79.9. The lowest BCUT2D eigenvalue weighted by Crippen LogP contribution is -2.27. The maximum atomic E-state index is 12.2. The number of thiophene rings is 1. The fraction of sp³-hybridized carbons (Fsp3) is 0.267. The molecule has 0 bridgehead atoms. The molecule has 4 heteroatoms. The van der Waals surface area contributed by atoms with Crippen LogP contribution in [0.4, 0.5) is 0 Å². The van der Waals surface area contributed by atoms with Crippen molar-refractivity contribution in [3.8, 4) is 0 Å². The molecule has 1 aromatic carbocycles. The summed E-state index contributed by atoms with van der Waals surface area (Å²) < 4.78 is 1.10. The Morgan fingerprint density at radius 2 is 2.11 bits per heavy atom. The van der Waals surface area contributed by atoms with E-state index in [4.69, 9.17) is 0 Å². The van der Waals surface area contributed by atoms with Gasteiger partial charge in [-0.25, -0.2) is 0 Å². The third-order valence-electron chi connectivity index (χ3n) is 2.91. The van der Waals surface area contributed by atoms with Gasteiger partial charge in [-0.05, 0) is 45.4 Å². The minimum atomic E-state index is 0.146. The molecule has 0 unspecified atom stereocenters. The number of benzene rings is 1. The largest absolute Gasteiger partial charge is 0.341 e. The molecule has 0 fully saturated rings. The van der Waals surface area contributed by atoms with Crippen LogP contribution in [0.25, 0.3) is 0 Å². The van der Waals surface area contributed by atoms with E-state index in [1.54, 1.807) is 16.2 Å². The van der Waals surface area contributed by atoms with Crippen molar-refractivity contribution < 1.29 is 4.79 Å². The van der Waals surface area contributed by atoms with Gasteiger partial charge in [0.25, 0.3) is 0 Å². The minimum Gasteiger partial charge on any atom is -0.341 e. The zero-order valence-electron chi connectivity index (χ0n) is 11.0. The molecule has 2 nitrogen and oxygen atoms in total. The van der Waals surface area contributed by atoms with Crippen molar-refractivity contribution in [1.29, 1.82) is 0 Å². The second-order valence-electron chi connectivity index (χ2n) is 4.67. The first-order chi connectivity index (χ1) is 9.04. The Labute approximate surface area is 126 Å². The second-order valence-corrected chi connectivity index (χ2v) is 6.97. The molecule has 19 heavy (non-hydrogen) atoms. The fourth-order valence-corrected chi connectivity index (χ4v) is 3.12. The Kier molecular flexibility index (Phi) is 4.77. The molecule has 0 saturated carbocycles. The van der Waals surface area contributed by atoms with Gasteiger partial charge in [-0.2, -0.15) is 0 Å². The van der Waals surface area contributed by atoms with Gasteiger partial charge in [0, 0.05) is 13.6 Å². The van der Waals surface area contributed by atoms with Gasteiger partial charge in [0.2, 0.25) is 5.91 Å². The average Bonchev–Trinajstić information content (AvgIpc) is 2.74. The van der Waals surface area contributed by atoms with E-state index in [2.05, 4.69) is 33.4 Å². The van der Waals surface area contributed by atoms with E-state index in [-0.39, 0.29) is 5.91 Å². The van der Waals surface area contributed by atoms with Gasteiger partial charge in [-0.15, -0.1) is 11.3 Å². The highest BCUT2D eigenvalue weighted by Crippen LogP contribution is 2.21. The number of rotatable bonds is 4. The molecule has 1 aromatic heterocycles. The highest BCUT2D eigenvalue weighted by molar-refractivity contribution is 9.11. The molecule has 0 N–H and O–H groups in total. The number of carbonyl (C=O) groups excluding carboxylic acids is 1. The van der Waals surface area contributed by atoms with Crippen molar-refractivity contribution in [3.63, 3.8) is 0 Å². The number of nitrogens with zero attached hydrogens (tertiary/aromatic N) is 1. The van der Waals surface area contributed by atoms with Crippen LogP contribution in [0.1, 0.15) is 16.7 Å². The third-order valence-corrected chi connectivity index (χ3v) is 4.46. The van der Waals surface area contributed by atoms with Crippen LogP contribution in [0.5, 0.6) is 0 Å².